The molecule has 6 nitrogen and oxygen atoms in total. The third kappa shape index (κ3) is 4.07. The number of aryl methyl sites for hydroxylation is 1. The van der Waals surface area contributed by atoms with E-state index in [0.29, 0.717) is 32.5 Å². The highest BCUT2D eigenvalue weighted by molar-refractivity contribution is 5.86. The first-order chi connectivity index (χ1) is 12.4. The summed E-state index contributed by atoms with van der Waals surface area (Å²) in [6, 6.07) is 8.37. The molecule has 6 heteroatoms. The fourth-order valence-electron chi connectivity index (χ4n) is 3.91. The SMILES string of the molecule is CC(=O)N1CCC[C@@](O)(C(=O)N2CCN(Cc3ccccc3C)CC2)C1. The highest BCUT2D eigenvalue weighted by Crippen LogP contribution is 2.24. The van der Waals surface area contributed by atoms with Crippen LogP contribution in [0.5, 0.6) is 0 Å². The summed E-state index contributed by atoms with van der Waals surface area (Å²) in [6.07, 6.45) is 1.09. The Labute approximate surface area is 155 Å². The predicted octanol–water partition coefficient (Wildman–Crippen LogP) is 1.01. The Balaban J connectivity index is 1.56. The van der Waals surface area contributed by atoms with Gasteiger partial charge >= 0.3 is 0 Å². The first kappa shape index (κ1) is 18.9. The lowest BCUT2D eigenvalue weighted by atomic mass is 9.91. The van der Waals surface area contributed by atoms with Gasteiger partial charge in [-0.25, -0.2) is 0 Å². The number of hydrogen-bond donors (Lipinski definition) is 1. The summed E-state index contributed by atoms with van der Waals surface area (Å²) in [5.41, 5.74) is 1.17. The van der Waals surface area contributed by atoms with E-state index >= 15 is 0 Å². The van der Waals surface area contributed by atoms with Crippen LogP contribution in [0.4, 0.5) is 0 Å². The summed E-state index contributed by atoms with van der Waals surface area (Å²) in [4.78, 5) is 30.2. The number of piperazine rings is 1. The van der Waals surface area contributed by atoms with Gasteiger partial charge < -0.3 is 14.9 Å². The molecular weight excluding hydrogens is 330 g/mol. The molecule has 1 aromatic rings. The fraction of sp³-hybridized carbons (Fsp3) is 0.600. The summed E-state index contributed by atoms with van der Waals surface area (Å²) >= 11 is 0. The smallest absolute Gasteiger partial charge is 0.256 e. The highest BCUT2D eigenvalue weighted by Gasteiger charge is 2.43. The molecular formula is C20H29N3O3. The number of aliphatic hydroxyl groups is 1. The number of β-amino-alcohol motifs (C(OH)–C–C–N with tert-alkyl or cyclic N) is 1. The summed E-state index contributed by atoms with van der Waals surface area (Å²) in [6.45, 7) is 8.06. The number of amides is 2. The molecule has 0 bridgehead atoms. The first-order valence-electron chi connectivity index (χ1n) is 9.43. The molecule has 1 N–H and O–H groups in total. The van der Waals surface area contributed by atoms with Gasteiger partial charge in [0, 0.05) is 46.2 Å². The lowest BCUT2D eigenvalue weighted by molar-refractivity contribution is -0.161. The minimum atomic E-state index is -1.43. The van der Waals surface area contributed by atoms with Gasteiger partial charge in [-0.1, -0.05) is 24.3 Å². The number of piperidine rings is 1. The van der Waals surface area contributed by atoms with Gasteiger partial charge in [-0.3, -0.25) is 14.5 Å². The van der Waals surface area contributed by atoms with E-state index in [1.807, 2.05) is 6.07 Å². The molecule has 2 saturated heterocycles. The van der Waals surface area contributed by atoms with E-state index in [0.717, 1.165) is 19.6 Å². The van der Waals surface area contributed by atoms with Crippen molar-refractivity contribution in [1.29, 1.82) is 0 Å². The number of carbonyl (C=O) groups excluding carboxylic acids is 2. The Morgan fingerprint density at radius 3 is 2.42 bits per heavy atom. The Hall–Kier alpha value is -1.92. The molecule has 0 saturated carbocycles. The molecule has 0 unspecified atom stereocenters. The second-order valence-corrected chi connectivity index (χ2v) is 7.57. The summed E-state index contributed by atoms with van der Waals surface area (Å²) in [5, 5.41) is 10.9. The minimum absolute atomic E-state index is 0.0843. The van der Waals surface area contributed by atoms with Gasteiger partial charge in [0.05, 0.1) is 6.54 Å². The lowest BCUT2D eigenvalue weighted by Crippen LogP contribution is -2.61. The van der Waals surface area contributed by atoms with Crippen LogP contribution in [0.1, 0.15) is 30.9 Å². The van der Waals surface area contributed by atoms with E-state index < -0.39 is 5.60 Å². The van der Waals surface area contributed by atoms with Gasteiger partial charge in [0.25, 0.3) is 5.91 Å². The second-order valence-electron chi connectivity index (χ2n) is 7.57. The van der Waals surface area contributed by atoms with E-state index in [-0.39, 0.29) is 18.4 Å². The topological polar surface area (TPSA) is 64.1 Å². The zero-order chi connectivity index (χ0) is 18.7. The predicted molar refractivity (Wildman–Crippen MR) is 99.5 cm³/mol. The van der Waals surface area contributed by atoms with Crippen molar-refractivity contribution in [2.24, 2.45) is 0 Å². The van der Waals surface area contributed by atoms with Crippen molar-refractivity contribution in [3.05, 3.63) is 35.4 Å². The molecule has 2 aliphatic rings. The fourth-order valence-corrected chi connectivity index (χ4v) is 3.91. The van der Waals surface area contributed by atoms with Crippen LogP contribution in [0.25, 0.3) is 0 Å². The van der Waals surface area contributed by atoms with Crippen molar-refractivity contribution in [3.8, 4) is 0 Å². The standard InChI is InChI=1S/C20H29N3O3/c1-16-6-3-4-7-18(16)14-21-10-12-22(13-11-21)19(25)20(26)8-5-9-23(15-20)17(2)24/h3-4,6-7,26H,5,8-15H2,1-2H3/t20-/m0/s1. The van der Waals surface area contributed by atoms with Crippen molar-refractivity contribution >= 4 is 11.8 Å². The Bertz CT molecular complexity index is 670. The maximum atomic E-state index is 12.9. The average molecular weight is 359 g/mol. The van der Waals surface area contributed by atoms with Gasteiger partial charge in [0.2, 0.25) is 5.91 Å². The number of nitrogens with zero attached hydrogens (tertiary/aromatic N) is 3. The molecule has 0 spiro atoms. The van der Waals surface area contributed by atoms with Gasteiger partial charge in [-0.05, 0) is 30.9 Å². The molecule has 3 rings (SSSR count). The van der Waals surface area contributed by atoms with Gasteiger partial charge in [-0.2, -0.15) is 0 Å². The lowest BCUT2D eigenvalue weighted by Gasteiger charge is -2.43. The van der Waals surface area contributed by atoms with Crippen molar-refractivity contribution in [2.45, 2.75) is 38.8 Å². The van der Waals surface area contributed by atoms with E-state index in [1.165, 1.54) is 18.1 Å². The van der Waals surface area contributed by atoms with E-state index in [1.54, 1.807) is 9.80 Å². The zero-order valence-electron chi connectivity index (χ0n) is 15.8. The number of rotatable bonds is 3. The van der Waals surface area contributed by atoms with Crippen LogP contribution in [0.2, 0.25) is 0 Å². The van der Waals surface area contributed by atoms with Crippen molar-refractivity contribution in [3.63, 3.8) is 0 Å². The van der Waals surface area contributed by atoms with Crippen LogP contribution in [0.15, 0.2) is 24.3 Å². The molecule has 26 heavy (non-hydrogen) atoms. The van der Waals surface area contributed by atoms with Crippen LogP contribution in [-0.4, -0.2) is 76.5 Å². The van der Waals surface area contributed by atoms with Gasteiger partial charge in [0.15, 0.2) is 5.60 Å². The Morgan fingerprint density at radius 2 is 1.77 bits per heavy atom. The second kappa shape index (κ2) is 7.76. The van der Waals surface area contributed by atoms with Crippen LogP contribution in [0, 0.1) is 6.92 Å². The Kier molecular flexibility index (Phi) is 5.63. The first-order valence-corrected chi connectivity index (χ1v) is 9.43. The molecule has 2 amide bonds. The molecule has 2 aliphatic heterocycles. The number of likely N-dealkylation sites (tertiary alicyclic amines) is 1. The van der Waals surface area contributed by atoms with Gasteiger partial charge in [0.1, 0.15) is 0 Å². The van der Waals surface area contributed by atoms with Crippen molar-refractivity contribution < 1.29 is 14.7 Å². The zero-order valence-corrected chi connectivity index (χ0v) is 15.8. The third-order valence-corrected chi connectivity index (χ3v) is 5.63. The van der Waals surface area contributed by atoms with Crippen molar-refractivity contribution in [2.75, 3.05) is 39.3 Å². The van der Waals surface area contributed by atoms with Crippen LogP contribution >= 0.6 is 0 Å². The number of carbonyl (C=O) groups is 2. The number of hydrogen-bond acceptors (Lipinski definition) is 4. The van der Waals surface area contributed by atoms with Gasteiger partial charge in [-0.15, -0.1) is 0 Å². The van der Waals surface area contributed by atoms with Crippen molar-refractivity contribution in [1.82, 2.24) is 14.7 Å². The normalized spacial score (nSPS) is 24.6. The molecule has 1 aromatic carbocycles. The average Bonchev–Trinajstić information content (AvgIpc) is 2.64. The summed E-state index contributed by atoms with van der Waals surface area (Å²) in [7, 11) is 0. The molecule has 2 heterocycles. The van der Waals surface area contributed by atoms with Crippen LogP contribution in [0.3, 0.4) is 0 Å². The van der Waals surface area contributed by atoms with E-state index in [9.17, 15) is 14.7 Å². The Morgan fingerprint density at radius 1 is 1.08 bits per heavy atom. The van der Waals surface area contributed by atoms with Crippen LogP contribution < -0.4 is 0 Å². The van der Waals surface area contributed by atoms with Crippen LogP contribution in [-0.2, 0) is 16.1 Å². The quantitative estimate of drug-likeness (QED) is 0.875. The van der Waals surface area contributed by atoms with E-state index in [4.69, 9.17) is 0 Å². The minimum Gasteiger partial charge on any atom is -0.378 e. The molecule has 0 aliphatic carbocycles. The summed E-state index contributed by atoms with van der Waals surface area (Å²) < 4.78 is 0. The van der Waals surface area contributed by atoms with E-state index in [2.05, 4.69) is 30.0 Å². The molecule has 0 aromatic heterocycles. The largest absolute Gasteiger partial charge is 0.378 e. The monoisotopic (exact) mass is 359 g/mol. The number of benzene rings is 1. The molecule has 2 fully saturated rings. The summed E-state index contributed by atoms with van der Waals surface area (Å²) in [5.74, 6) is -0.307. The maximum Gasteiger partial charge on any atom is 0.256 e. The molecule has 142 valence electrons. The maximum absolute atomic E-state index is 12.9. The third-order valence-electron chi connectivity index (χ3n) is 5.63. The highest BCUT2D eigenvalue weighted by atomic mass is 16.3. The molecule has 1 atom stereocenters. The molecule has 0 radical (unpaired) electrons.